The Hall–Kier alpha value is -0.680. The van der Waals surface area contributed by atoms with Crippen LogP contribution >= 0.6 is 22.6 Å². The first-order valence-corrected chi connectivity index (χ1v) is 10.9. The smallest absolute Gasteiger partial charge is 0.453 e. The van der Waals surface area contributed by atoms with Gasteiger partial charge in [0.25, 0.3) is 0 Å². The van der Waals surface area contributed by atoms with Gasteiger partial charge in [-0.25, -0.2) is 0 Å². The zero-order valence-corrected chi connectivity index (χ0v) is 18.3. The number of hydrogen-bond donors (Lipinski definition) is 0. The number of esters is 2. The standard InChI is InChI=1S/C18H28F5IO4/c1-3-27-14(25)16(15(26)28-4-2,10-7-5-6-8-13-24)11-9-12-17(19,20)18(21,22)23/h3-13H2,1-2H3. The Morgan fingerprint density at radius 1 is 0.750 bits per heavy atom. The van der Waals surface area contributed by atoms with E-state index in [4.69, 9.17) is 9.47 Å². The Morgan fingerprint density at radius 3 is 1.64 bits per heavy atom. The molecule has 0 amide bonds. The second-order valence-corrected chi connectivity index (χ2v) is 7.51. The van der Waals surface area contributed by atoms with Crippen molar-refractivity contribution in [2.24, 2.45) is 5.41 Å². The predicted molar refractivity (Wildman–Crippen MR) is 103 cm³/mol. The lowest BCUT2D eigenvalue weighted by Gasteiger charge is -2.30. The SMILES string of the molecule is CCOC(=O)C(CCCCCCI)(CCCC(F)(F)C(F)(F)F)C(=O)OCC. The molecule has 0 aromatic carbocycles. The molecular formula is C18H28F5IO4. The molecule has 0 saturated carbocycles. The third-order valence-electron chi connectivity index (χ3n) is 4.33. The fourth-order valence-corrected chi connectivity index (χ4v) is 3.32. The Kier molecular flexibility index (Phi) is 12.5. The van der Waals surface area contributed by atoms with Crippen molar-refractivity contribution in [1.82, 2.24) is 0 Å². The number of rotatable bonds is 14. The maximum atomic E-state index is 13.2. The van der Waals surface area contributed by atoms with Gasteiger partial charge in [0.2, 0.25) is 0 Å². The first-order chi connectivity index (χ1) is 13.0. The molecule has 0 aliphatic carbocycles. The number of unbranched alkanes of at least 4 members (excludes halogenated alkanes) is 3. The highest BCUT2D eigenvalue weighted by Crippen LogP contribution is 2.42. The first-order valence-electron chi connectivity index (χ1n) is 9.33. The van der Waals surface area contributed by atoms with Crippen molar-refractivity contribution in [3.63, 3.8) is 0 Å². The number of carbonyl (C=O) groups is 2. The lowest BCUT2D eigenvalue weighted by atomic mass is 9.77. The highest BCUT2D eigenvalue weighted by molar-refractivity contribution is 14.1. The van der Waals surface area contributed by atoms with E-state index in [-0.39, 0.29) is 19.6 Å². The van der Waals surface area contributed by atoms with Crippen molar-refractivity contribution in [3.05, 3.63) is 0 Å². The molecule has 0 aliphatic rings. The topological polar surface area (TPSA) is 52.6 Å². The van der Waals surface area contributed by atoms with E-state index >= 15 is 0 Å². The van der Waals surface area contributed by atoms with Crippen molar-refractivity contribution in [2.45, 2.75) is 77.3 Å². The Balaban J connectivity index is 5.39. The number of ether oxygens (including phenoxy) is 2. The van der Waals surface area contributed by atoms with Crippen LogP contribution < -0.4 is 0 Å². The normalized spacial score (nSPS) is 12.7. The lowest BCUT2D eigenvalue weighted by Crippen LogP contribution is -2.43. The van der Waals surface area contributed by atoms with E-state index in [0.717, 1.165) is 17.3 Å². The molecule has 0 rings (SSSR count). The van der Waals surface area contributed by atoms with Crippen LogP contribution in [0.4, 0.5) is 22.0 Å². The van der Waals surface area contributed by atoms with Gasteiger partial charge in [0.05, 0.1) is 13.2 Å². The van der Waals surface area contributed by atoms with E-state index in [1.54, 1.807) is 0 Å². The van der Waals surface area contributed by atoms with Gasteiger partial charge in [-0.05, 0) is 44.0 Å². The third kappa shape index (κ3) is 8.36. The van der Waals surface area contributed by atoms with Crippen LogP contribution in [0.25, 0.3) is 0 Å². The average Bonchev–Trinajstić information content (AvgIpc) is 2.59. The molecule has 0 heterocycles. The number of halogens is 6. The maximum absolute atomic E-state index is 13.2. The largest absolute Gasteiger partial charge is 0.465 e. The van der Waals surface area contributed by atoms with Crippen LogP contribution in [0.2, 0.25) is 0 Å². The molecule has 0 aromatic rings. The minimum absolute atomic E-state index is 0.0104. The second kappa shape index (κ2) is 12.8. The van der Waals surface area contributed by atoms with Crippen molar-refractivity contribution in [3.8, 4) is 0 Å². The molecule has 0 spiro atoms. The molecule has 166 valence electrons. The van der Waals surface area contributed by atoms with Crippen LogP contribution in [0.1, 0.15) is 65.2 Å². The molecule has 0 radical (unpaired) electrons. The number of alkyl halides is 6. The molecule has 28 heavy (non-hydrogen) atoms. The second-order valence-electron chi connectivity index (χ2n) is 6.43. The molecule has 0 saturated heterocycles. The third-order valence-corrected chi connectivity index (χ3v) is 5.09. The van der Waals surface area contributed by atoms with Crippen LogP contribution in [0.3, 0.4) is 0 Å². The van der Waals surface area contributed by atoms with Gasteiger partial charge in [0.15, 0.2) is 5.41 Å². The summed E-state index contributed by atoms with van der Waals surface area (Å²) in [6, 6.07) is 0. The van der Waals surface area contributed by atoms with Crippen LogP contribution in [0.5, 0.6) is 0 Å². The summed E-state index contributed by atoms with van der Waals surface area (Å²) in [4.78, 5) is 25.0. The van der Waals surface area contributed by atoms with E-state index in [0.29, 0.717) is 12.8 Å². The van der Waals surface area contributed by atoms with Crippen molar-refractivity contribution in [1.29, 1.82) is 0 Å². The summed E-state index contributed by atoms with van der Waals surface area (Å²) < 4.78 is 74.5. The number of carbonyl (C=O) groups excluding carboxylic acids is 2. The predicted octanol–water partition coefficient (Wildman–Crippen LogP) is 5.85. The maximum Gasteiger partial charge on any atom is 0.453 e. The van der Waals surface area contributed by atoms with Crippen LogP contribution in [-0.2, 0) is 19.1 Å². The van der Waals surface area contributed by atoms with E-state index in [9.17, 15) is 31.5 Å². The van der Waals surface area contributed by atoms with Crippen molar-refractivity contribution < 1.29 is 41.0 Å². The zero-order chi connectivity index (χ0) is 21.8. The highest BCUT2D eigenvalue weighted by Gasteiger charge is 2.57. The molecule has 4 nitrogen and oxygen atoms in total. The van der Waals surface area contributed by atoms with Gasteiger partial charge in [-0.2, -0.15) is 22.0 Å². The molecular weight excluding hydrogens is 502 g/mol. The van der Waals surface area contributed by atoms with E-state index in [2.05, 4.69) is 22.6 Å². The summed E-state index contributed by atoms with van der Waals surface area (Å²) in [6.07, 6.45) is -5.41. The summed E-state index contributed by atoms with van der Waals surface area (Å²) in [7, 11) is 0. The lowest BCUT2D eigenvalue weighted by molar-refractivity contribution is -0.284. The minimum Gasteiger partial charge on any atom is -0.465 e. The zero-order valence-electron chi connectivity index (χ0n) is 16.2. The quantitative estimate of drug-likeness (QED) is 0.0706. The summed E-state index contributed by atoms with van der Waals surface area (Å²) in [6.45, 7) is 2.94. The number of hydrogen-bond acceptors (Lipinski definition) is 4. The fourth-order valence-electron chi connectivity index (χ4n) is 2.78. The average molecular weight is 530 g/mol. The molecule has 0 aromatic heterocycles. The molecule has 0 bridgehead atoms. The van der Waals surface area contributed by atoms with Gasteiger partial charge in [-0.3, -0.25) is 9.59 Å². The van der Waals surface area contributed by atoms with Crippen molar-refractivity contribution >= 4 is 34.5 Å². The summed E-state index contributed by atoms with van der Waals surface area (Å²) >= 11 is 2.22. The Labute approximate surface area is 176 Å². The highest BCUT2D eigenvalue weighted by atomic mass is 127. The van der Waals surface area contributed by atoms with Gasteiger partial charge in [0.1, 0.15) is 0 Å². The van der Waals surface area contributed by atoms with Gasteiger partial charge in [-0.15, -0.1) is 0 Å². The molecule has 0 aliphatic heterocycles. The van der Waals surface area contributed by atoms with Crippen LogP contribution in [-0.4, -0.2) is 41.7 Å². The van der Waals surface area contributed by atoms with Crippen LogP contribution in [0.15, 0.2) is 0 Å². The summed E-state index contributed by atoms with van der Waals surface area (Å²) in [5.41, 5.74) is -1.86. The minimum atomic E-state index is -5.68. The van der Waals surface area contributed by atoms with Gasteiger partial charge in [0, 0.05) is 6.42 Å². The van der Waals surface area contributed by atoms with E-state index < -0.39 is 48.7 Å². The van der Waals surface area contributed by atoms with Gasteiger partial charge in [-0.1, -0.05) is 41.9 Å². The Bertz CT molecular complexity index is 465. The Morgan fingerprint density at radius 2 is 1.21 bits per heavy atom. The van der Waals surface area contributed by atoms with Crippen molar-refractivity contribution in [2.75, 3.05) is 17.6 Å². The summed E-state index contributed by atoms with van der Waals surface area (Å²) in [5, 5.41) is 0. The van der Waals surface area contributed by atoms with Crippen LogP contribution in [0, 0.1) is 5.41 Å². The molecule has 0 atom stereocenters. The molecule has 0 N–H and O–H groups in total. The molecule has 0 unspecified atom stereocenters. The van der Waals surface area contributed by atoms with E-state index in [1.165, 1.54) is 13.8 Å². The molecule has 0 fully saturated rings. The first kappa shape index (κ1) is 27.3. The molecule has 10 heteroatoms. The summed E-state index contributed by atoms with van der Waals surface area (Å²) in [5.74, 6) is -6.75. The fraction of sp³-hybridized carbons (Fsp3) is 0.889. The van der Waals surface area contributed by atoms with E-state index in [1.807, 2.05) is 0 Å². The monoisotopic (exact) mass is 530 g/mol. The van der Waals surface area contributed by atoms with Gasteiger partial charge >= 0.3 is 24.0 Å². The van der Waals surface area contributed by atoms with Gasteiger partial charge < -0.3 is 9.47 Å².